The Kier molecular flexibility index (Phi) is 12.3. The molecule has 2 N–H and O–H groups in total. The molecule has 0 amide bonds. The highest BCUT2D eigenvalue weighted by atomic mass is 19.4. The maximum Gasteiger partial charge on any atom is 0.490 e. The smallest absolute Gasteiger partial charge is 0.475 e. The molecule has 2 atom stereocenters. The predicted octanol–water partition coefficient (Wildman–Crippen LogP) is 3.92. The lowest BCUT2D eigenvalue weighted by molar-refractivity contribution is -0.193. The molecule has 2 unspecified atom stereocenters. The summed E-state index contributed by atoms with van der Waals surface area (Å²) in [5.41, 5.74) is 3.55. The monoisotopic (exact) mass is 580 g/mol. The number of pyridine rings is 2. The van der Waals surface area contributed by atoms with Crippen LogP contribution in [0.1, 0.15) is 29.8 Å². The van der Waals surface area contributed by atoms with E-state index in [0.29, 0.717) is 12.1 Å². The van der Waals surface area contributed by atoms with Gasteiger partial charge in [-0.25, -0.2) is 9.59 Å². The normalized spacial score (nSPS) is 20.1. The molecule has 40 heavy (non-hydrogen) atoms. The molecule has 2 saturated heterocycles. The number of likely N-dealkylation sites (tertiary alicyclic amines) is 1. The van der Waals surface area contributed by atoms with E-state index in [1.807, 2.05) is 18.5 Å². The average molecular weight is 581 g/mol. The van der Waals surface area contributed by atoms with Crippen molar-refractivity contribution in [2.45, 2.75) is 57.4 Å². The largest absolute Gasteiger partial charge is 0.490 e. The summed E-state index contributed by atoms with van der Waals surface area (Å²) in [5, 5.41) is 14.2. The molecule has 2 aromatic heterocycles. The van der Waals surface area contributed by atoms with E-state index in [4.69, 9.17) is 24.5 Å². The van der Waals surface area contributed by atoms with Crippen LogP contribution in [0.25, 0.3) is 0 Å². The number of carboxylic acid groups (broad SMARTS) is 2. The second-order valence-corrected chi connectivity index (χ2v) is 9.04. The van der Waals surface area contributed by atoms with Gasteiger partial charge in [-0.2, -0.15) is 26.3 Å². The zero-order valence-corrected chi connectivity index (χ0v) is 21.5. The number of morpholine rings is 1. The molecule has 0 bridgehead atoms. The van der Waals surface area contributed by atoms with Crippen molar-refractivity contribution in [1.29, 1.82) is 0 Å². The molecule has 4 heterocycles. The van der Waals surface area contributed by atoms with Crippen molar-refractivity contribution >= 4 is 11.9 Å². The van der Waals surface area contributed by atoms with Crippen LogP contribution in [0.2, 0.25) is 0 Å². The van der Waals surface area contributed by atoms with Gasteiger partial charge in [-0.3, -0.25) is 19.8 Å². The number of nitrogens with zero attached hydrogens (tertiary/aromatic N) is 4. The Labute approximate surface area is 226 Å². The minimum absolute atomic E-state index is 0.343. The number of ether oxygens (including phenoxy) is 1. The van der Waals surface area contributed by atoms with Gasteiger partial charge in [0, 0.05) is 56.9 Å². The fourth-order valence-electron chi connectivity index (χ4n) is 4.21. The molecule has 0 radical (unpaired) electrons. The molecule has 0 aromatic carbocycles. The van der Waals surface area contributed by atoms with E-state index in [0.717, 1.165) is 57.9 Å². The Morgan fingerprint density at radius 1 is 0.950 bits per heavy atom. The predicted molar refractivity (Wildman–Crippen MR) is 129 cm³/mol. The third kappa shape index (κ3) is 11.4. The SMILES string of the molecule is Cc1cccc(CN2CCC3OCCN(Cc4cccnc4)C3CC2)n1.O=C(O)C(F)(F)F.O=C(O)C(F)(F)F. The molecule has 2 aromatic rings. The van der Waals surface area contributed by atoms with Gasteiger partial charge in [0.2, 0.25) is 0 Å². The number of aryl methyl sites for hydroxylation is 1. The highest BCUT2D eigenvalue weighted by molar-refractivity contribution is 5.73. The van der Waals surface area contributed by atoms with Gasteiger partial charge in [0.25, 0.3) is 0 Å². The molecular weight excluding hydrogens is 550 g/mol. The molecule has 222 valence electrons. The topological polar surface area (TPSA) is 116 Å². The Bertz CT molecular complexity index is 1060. The van der Waals surface area contributed by atoms with Crippen molar-refractivity contribution in [1.82, 2.24) is 19.8 Å². The zero-order valence-electron chi connectivity index (χ0n) is 21.5. The van der Waals surface area contributed by atoms with E-state index >= 15 is 0 Å². The number of hydrogen-bond donors (Lipinski definition) is 2. The third-order valence-electron chi connectivity index (χ3n) is 6.00. The van der Waals surface area contributed by atoms with E-state index in [-0.39, 0.29) is 0 Å². The number of hydrogen-bond acceptors (Lipinski definition) is 7. The van der Waals surface area contributed by atoms with Gasteiger partial charge < -0.3 is 14.9 Å². The average Bonchev–Trinajstić information content (AvgIpc) is 3.07. The van der Waals surface area contributed by atoms with Crippen LogP contribution in [0.4, 0.5) is 26.3 Å². The quantitative estimate of drug-likeness (QED) is 0.520. The number of halogens is 6. The summed E-state index contributed by atoms with van der Waals surface area (Å²) in [4.78, 5) is 31.9. The lowest BCUT2D eigenvalue weighted by Gasteiger charge is -2.40. The minimum atomic E-state index is -5.08. The second-order valence-electron chi connectivity index (χ2n) is 9.04. The summed E-state index contributed by atoms with van der Waals surface area (Å²) in [7, 11) is 0. The van der Waals surface area contributed by atoms with E-state index in [1.54, 1.807) is 0 Å². The molecule has 2 aliphatic rings. The summed E-state index contributed by atoms with van der Waals surface area (Å²) < 4.78 is 69.6. The van der Waals surface area contributed by atoms with Crippen LogP contribution >= 0.6 is 0 Å². The van der Waals surface area contributed by atoms with Crippen LogP contribution in [-0.4, -0.2) is 92.7 Å². The number of carbonyl (C=O) groups is 2. The van der Waals surface area contributed by atoms with Crippen LogP contribution in [0.3, 0.4) is 0 Å². The fourth-order valence-corrected chi connectivity index (χ4v) is 4.21. The number of alkyl halides is 6. The number of aliphatic carboxylic acids is 2. The van der Waals surface area contributed by atoms with Gasteiger partial charge in [0.05, 0.1) is 18.4 Å². The summed E-state index contributed by atoms with van der Waals surface area (Å²) in [6.45, 7) is 7.99. The van der Waals surface area contributed by atoms with E-state index < -0.39 is 24.3 Å². The van der Waals surface area contributed by atoms with E-state index in [1.165, 1.54) is 11.3 Å². The van der Waals surface area contributed by atoms with Gasteiger partial charge in [0.1, 0.15) is 0 Å². The summed E-state index contributed by atoms with van der Waals surface area (Å²) in [5.74, 6) is -5.51. The van der Waals surface area contributed by atoms with Crippen molar-refractivity contribution < 1.29 is 50.9 Å². The van der Waals surface area contributed by atoms with Gasteiger partial charge in [0.15, 0.2) is 0 Å². The Morgan fingerprint density at radius 3 is 2.12 bits per heavy atom. The molecule has 15 heteroatoms. The first-order valence-electron chi connectivity index (χ1n) is 12.2. The van der Waals surface area contributed by atoms with Crippen LogP contribution in [0.5, 0.6) is 0 Å². The summed E-state index contributed by atoms with van der Waals surface area (Å²) >= 11 is 0. The first kappa shape index (κ1) is 32.9. The van der Waals surface area contributed by atoms with Crippen molar-refractivity contribution in [2.75, 3.05) is 26.2 Å². The van der Waals surface area contributed by atoms with E-state index in [2.05, 4.69) is 51.0 Å². The van der Waals surface area contributed by atoms with Crippen LogP contribution in [0, 0.1) is 6.92 Å². The standard InChI is InChI=1S/C21H28N4O.2C2HF3O2/c1-17-4-2-6-19(23-17)16-24-10-7-20-21(8-11-24)26-13-12-25(20)15-18-5-3-9-22-14-18;2*3-2(4,5)1(6)7/h2-6,9,14,20-21H,7-8,10-13,15-16H2,1H3;2*(H,6,7). The fraction of sp³-hybridized carbons (Fsp3) is 0.520. The lowest BCUT2D eigenvalue weighted by Crippen LogP contribution is -2.50. The maximum atomic E-state index is 10.6. The highest BCUT2D eigenvalue weighted by Gasteiger charge is 2.39. The number of aromatic nitrogens is 2. The summed E-state index contributed by atoms with van der Waals surface area (Å²) in [6, 6.07) is 11.0. The zero-order chi connectivity index (χ0) is 29.9. The molecule has 2 fully saturated rings. The second kappa shape index (κ2) is 14.9. The summed E-state index contributed by atoms with van der Waals surface area (Å²) in [6.07, 6.45) is -3.75. The Balaban J connectivity index is 0.000000333. The van der Waals surface area contributed by atoms with Gasteiger partial charge in [-0.05, 0) is 43.5 Å². The maximum absolute atomic E-state index is 10.6. The first-order chi connectivity index (χ1) is 18.7. The highest BCUT2D eigenvalue weighted by Crippen LogP contribution is 2.26. The molecule has 9 nitrogen and oxygen atoms in total. The minimum Gasteiger partial charge on any atom is -0.475 e. The molecular formula is C25H30F6N4O5. The molecule has 0 saturated carbocycles. The molecule has 0 aliphatic carbocycles. The number of fused-ring (bicyclic) bond motifs is 1. The van der Waals surface area contributed by atoms with Crippen molar-refractivity contribution in [2.24, 2.45) is 0 Å². The van der Waals surface area contributed by atoms with Crippen LogP contribution in [0.15, 0.2) is 42.7 Å². The Hall–Kier alpha value is -3.30. The molecule has 4 rings (SSSR count). The van der Waals surface area contributed by atoms with Crippen molar-refractivity contribution in [3.05, 3.63) is 59.7 Å². The van der Waals surface area contributed by atoms with Gasteiger partial charge in [-0.15, -0.1) is 0 Å². The Morgan fingerprint density at radius 2 is 1.57 bits per heavy atom. The third-order valence-corrected chi connectivity index (χ3v) is 6.00. The first-order valence-corrected chi connectivity index (χ1v) is 12.2. The number of carboxylic acids is 2. The van der Waals surface area contributed by atoms with Crippen molar-refractivity contribution in [3.8, 4) is 0 Å². The molecule has 0 spiro atoms. The van der Waals surface area contributed by atoms with Crippen LogP contribution < -0.4 is 0 Å². The van der Waals surface area contributed by atoms with Gasteiger partial charge >= 0.3 is 24.3 Å². The van der Waals surface area contributed by atoms with E-state index in [9.17, 15) is 26.3 Å². The van der Waals surface area contributed by atoms with Crippen molar-refractivity contribution in [3.63, 3.8) is 0 Å². The lowest BCUT2D eigenvalue weighted by atomic mass is 10.0. The van der Waals surface area contributed by atoms with Gasteiger partial charge in [-0.1, -0.05) is 12.1 Å². The van der Waals surface area contributed by atoms with Crippen LogP contribution in [-0.2, 0) is 27.4 Å². The molecule has 2 aliphatic heterocycles. The number of rotatable bonds is 4.